The van der Waals surface area contributed by atoms with Crippen molar-refractivity contribution in [3.63, 3.8) is 0 Å². The van der Waals surface area contributed by atoms with E-state index < -0.39 is 5.60 Å². The van der Waals surface area contributed by atoms with E-state index in [1.54, 1.807) is 4.90 Å². The maximum absolute atomic E-state index is 12.1. The molecule has 0 spiro atoms. The Kier molecular flexibility index (Phi) is 5.45. The highest BCUT2D eigenvalue weighted by Crippen LogP contribution is 2.24. The van der Waals surface area contributed by atoms with Crippen molar-refractivity contribution in [1.29, 1.82) is 0 Å². The zero-order chi connectivity index (χ0) is 17.0. The number of aromatic nitrogens is 1. The van der Waals surface area contributed by atoms with Crippen LogP contribution in [0.15, 0.2) is 18.3 Å². The first-order valence-electron chi connectivity index (χ1n) is 8.49. The summed E-state index contributed by atoms with van der Waals surface area (Å²) in [5.74, 6) is 0. The Morgan fingerprint density at radius 2 is 1.96 bits per heavy atom. The lowest BCUT2D eigenvalue weighted by atomic mass is 9.99. The molecular formula is C19H28N2O2. The molecule has 1 aromatic rings. The van der Waals surface area contributed by atoms with Gasteiger partial charge in [0.2, 0.25) is 0 Å². The van der Waals surface area contributed by atoms with Crippen LogP contribution in [0.4, 0.5) is 4.79 Å². The van der Waals surface area contributed by atoms with Crippen LogP contribution in [0, 0.1) is 0 Å². The molecule has 4 nitrogen and oxygen atoms in total. The number of aryl methyl sites for hydroxylation is 2. The average molecular weight is 316 g/mol. The second-order valence-electron chi connectivity index (χ2n) is 6.95. The van der Waals surface area contributed by atoms with E-state index in [-0.39, 0.29) is 6.09 Å². The Hall–Kier alpha value is -1.84. The number of amides is 1. The van der Waals surface area contributed by atoms with Crippen molar-refractivity contribution < 1.29 is 9.53 Å². The fraction of sp³-hybridized carbons (Fsp3) is 0.579. The molecule has 0 unspecified atom stereocenters. The summed E-state index contributed by atoms with van der Waals surface area (Å²) in [7, 11) is 0. The van der Waals surface area contributed by atoms with Crippen LogP contribution in [-0.2, 0) is 17.6 Å². The Morgan fingerprint density at radius 3 is 2.48 bits per heavy atom. The van der Waals surface area contributed by atoms with Gasteiger partial charge in [-0.2, -0.15) is 0 Å². The molecule has 1 aromatic heterocycles. The maximum Gasteiger partial charge on any atom is 0.410 e. The first-order valence-corrected chi connectivity index (χ1v) is 8.49. The van der Waals surface area contributed by atoms with Crippen LogP contribution in [0.5, 0.6) is 0 Å². The third-order valence-corrected chi connectivity index (χ3v) is 4.03. The van der Waals surface area contributed by atoms with Crippen molar-refractivity contribution in [2.45, 2.75) is 59.5 Å². The molecule has 2 heterocycles. The van der Waals surface area contributed by atoms with Crippen molar-refractivity contribution in [1.82, 2.24) is 9.88 Å². The molecule has 0 radical (unpaired) electrons. The second-order valence-corrected chi connectivity index (χ2v) is 6.95. The molecule has 0 atom stereocenters. The highest BCUT2D eigenvalue weighted by molar-refractivity contribution is 5.72. The minimum absolute atomic E-state index is 0.240. The predicted molar refractivity (Wildman–Crippen MR) is 93.4 cm³/mol. The summed E-state index contributed by atoms with van der Waals surface area (Å²) in [6.07, 6.45) is 6.71. The molecule has 126 valence electrons. The van der Waals surface area contributed by atoms with Crippen molar-refractivity contribution in [2.75, 3.05) is 13.1 Å². The number of carbonyl (C=O) groups excluding carboxylic acids is 1. The summed E-state index contributed by atoms with van der Waals surface area (Å²) in [6.45, 7) is 11.3. The van der Waals surface area contributed by atoms with Gasteiger partial charge in [-0.3, -0.25) is 4.98 Å². The lowest BCUT2D eigenvalue weighted by Gasteiger charge is -2.29. The molecule has 23 heavy (non-hydrogen) atoms. The Balaban J connectivity index is 2.08. The van der Waals surface area contributed by atoms with Gasteiger partial charge in [0, 0.05) is 19.3 Å². The van der Waals surface area contributed by atoms with Gasteiger partial charge in [-0.25, -0.2) is 4.79 Å². The summed E-state index contributed by atoms with van der Waals surface area (Å²) in [6, 6.07) is 2.20. The van der Waals surface area contributed by atoms with E-state index in [0.29, 0.717) is 13.1 Å². The quantitative estimate of drug-likeness (QED) is 0.838. The van der Waals surface area contributed by atoms with Gasteiger partial charge in [0.15, 0.2) is 0 Å². The van der Waals surface area contributed by atoms with E-state index >= 15 is 0 Å². The SMILES string of the molecule is CCc1cnc(C2=CCN(C(=O)OC(C)(C)C)CC2)cc1CC. The van der Waals surface area contributed by atoms with E-state index in [1.165, 1.54) is 16.7 Å². The van der Waals surface area contributed by atoms with Crippen LogP contribution in [0.3, 0.4) is 0 Å². The standard InChI is InChI=1S/C19H28N2O2/c1-6-14-12-17(20-13-15(14)7-2)16-8-10-21(11-9-16)18(22)23-19(3,4)5/h8,12-13H,6-7,9-11H2,1-5H3. The fourth-order valence-corrected chi connectivity index (χ4v) is 2.74. The molecule has 0 saturated carbocycles. The third kappa shape index (κ3) is 4.57. The molecule has 1 aliphatic heterocycles. The topological polar surface area (TPSA) is 42.4 Å². The van der Waals surface area contributed by atoms with E-state index in [9.17, 15) is 4.79 Å². The molecule has 0 aromatic carbocycles. The number of hydrogen-bond acceptors (Lipinski definition) is 3. The number of ether oxygens (including phenoxy) is 1. The molecule has 0 N–H and O–H groups in total. The van der Waals surface area contributed by atoms with Crippen LogP contribution in [-0.4, -0.2) is 34.7 Å². The zero-order valence-electron chi connectivity index (χ0n) is 15.0. The van der Waals surface area contributed by atoms with Crippen LogP contribution >= 0.6 is 0 Å². The number of rotatable bonds is 3. The molecular weight excluding hydrogens is 288 g/mol. The summed E-state index contributed by atoms with van der Waals surface area (Å²) in [5.41, 5.74) is 4.51. The predicted octanol–water partition coefficient (Wildman–Crippen LogP) is 4.23. The summed E-state index contributed by atoms with van der Waals surface area (Å²) >= 11 is 0. The molecule has 2 rings (SSSR count). The van der Waals surface area contributed by atoms with Gasteiger partial charge in [-0.05, 0) is 62.8 Å². The van der Waals surface area contributed by atoms with Gasteiger partial charge >= 0.3 is 6.09 Å². The van der Waals surface area contributed by atoms with Crippen LogP contribution in [0.25, 0.3) is 5.57 Å². The monoisotopic (exact) mass is 316 g/mol. The molecule has 0 aliphatic carbocycles. The van der Waals surface area contributed by atoms with Crippen molar-refractivity contribution >= 4 is 11.7 Å². The Morgan fingerprint density at radius 1 is 1.26 bits per heavy atom. The maximum atomic E-state index is 12.1. The molecule has 1 amide bonds. The molecule has 0 saturated heterocycles. The number of nitrogens with zero attached hydrogens (tertiary/aromatic N) is 2. The highest BCUT2D eigenvalue weighted by atomic mass is 16.6. The Bertz CT molecular complexity index is 600. The minimum Gasteiger partial charge on any atom is -0.444 e. The first-order chi connectivity index (χ1) is 10.8. The Labute approximate surface area is 139 Å². The third-order valence-electron chi connectivity index (χ3n) is 4.03. The second kappa shape index (κ2) is 7.16. The normalized spacial score (nSPS) is 15.3. The number of hydrogen-bond donors (Lipinski definition) is 0. The molecule has 1 aliphatic rings. The summed E-state index contributed by atoms with van der Waals surface area (Å²) in [4.78, 5) is 18.5. The van der Waals surface area contributed by atoms with Crippen molar-refractivity contribution in [3.8, 4) is 0 Å². The van der Waals surface area contributed by atoms with Gasteiger partial charge in [0.1, 0.15) is 5.60 Å². The minimum atomic E-state index is -0.450. The van der Waals surface area contributed by atoms with Crippen molar-refractivity contribution in [3.05, 3.63) is 35.2 Å². The van der Waals surface area contributed by atoms with E-state index in [2.05, 4.69) is 31.0 Å². The molecule has 4 heteroatoms. The van der Waals surface area contributed by atoms with Crippen LogP contribution in [0.2, 0.25) is 0 Å². The largest absolute Gasteiger partial charge is 0.444 e. The summed E-state index contributed by atoms with van der Waals surface area (Å²) < 4.78 is 5.43. The highest BCUT2D eigenvalue weighted by Gasteiger charge is 2.24. The van der Waals surface area contributed by atoms with E-state index in [4.69, 9.17) is 4.74 Å². The van der Waals surface area contributed by atoms with Crippen LogP contribution < -0.4 is 0 Å². The molecule has 0 bridgehead atoms. The van der Waals surface area contributed by atoms with E-state index in [1.807, 2.05) is 27.0 Å². The van der Waals surface area contributed by atoms with Crippen molar-refractivity contribution in [2.24, 2.45) is 0 Å². The number of pyridine rings is 1. The van der Waals surface area contributed by atoms with Gasteiger partial charge in [0.05, 0.1) is 5.69 Å². The van der Waals surface area contributed by atoms with Gasteiger partial charge in [-0.15, -0.1) is 0 Å². The fourth-order valence-electron chi connectivity index (χ4n) is 2.74. The first kappa shape index (κ1) is 17.5. The van der Waals surface area contributed by atoms with Gasteiger partial charge in [0.25, 0.3) is 0 Å². The van der Waals surface area contributed by atoms with Gasteiger partial charge < -0.3 is 9.64 Å². The summed E-state index contributed by atoms with van der Waals surface area (Å²) in [5, 5.41) is 0. The van der Waals surface area contributed by atoms with Gasteiger partial charge in [-0.1, -0.05) is 19.9 Å². The lowest BCUT2D eigenvalue weighted by molar-refractivity contribution is 0.0270. The zero-order valence-corrected chi connectivity index (χ0v) is 15.0. The average Bonchev–Trinajstić information content (AvgIpc) is 2.52. The van der Waals surface area contributed by atoms with E-state index in [0.717, 1.165) is 25.0 Å². The lowest BCUT2D eigenvalue weighted by Crippen LogP contribution is -2.39. The van der Waals surface area contributed by atoms with Crippen LogP contribution in [0.1, 0.15) is 57.9 Å². The smallest absolute Gasteiger partial charge is 0.410 e. The molecule has 0 fully saturated rings. The number of carbonyl (C=O) groups is 1.